The molecule has 1 aromatic heterocycles. The van der Waals surface area contributed by atoms with Gasteiger partial charge < -0.3 is 14.0 Å². The molecule has 0 saturated carbocycles. The zero-order valence-corrected chi connectivity index (χ0v) is 17.2. The molecule has 3 aromatic rings. The lowest BCUT2D eigenvalue weighted by Crippen LogP contribution is -2.14. The summed E-state index contributed by atoms with van der Waals surface area (Å²) < 4.78 is 44.3. The van der Waals surface area contributed by atoms with Gasteiger partial charge in [0.2, 0.25) is 0 Å². The van der Waals surface area contributed by atoms with E-state index >= 15 is 0 Å². The Balaban J connectivity index is 2.01. The number of ether oxygens (including phenoxy) is 2. The summed E-state index contributed by atoms with van der Waals surface area (Å²) >= 11 is 0. The van der Waals surface area contributed by atoms with E-state index < -0.39 is 10.0 Å². The molecule has 0 aliphatic carbocycles. The van der Waals surface area contributed by atoms with Crippen LogP contribution in [-0.4, -0.2) is 27.8 Å². The van der Waals surface area contributed by atoms with Gasteiger partial charge in [-0.15, -0.1) is 0 Å². The Morgan fingerprint density at radius 1 is 0.964 bits per heavy atom. The Bertz CT molecular complexity index is 1100. The topological polar surface area (TPSA) is 90.7 Å². The molecule has 28 heavy (non-hydrogen) atoms. The molecule has 3 rings (SSSR count). The van der Waals surface area contributed by atoms with Crippen molar-refractivity contribution in [2.45, 2.75) is 25.7 Å². The first kappa shape index (κ1) is 19.8. The van der Waals surface area contributed by atoms with Gasteiger partial charge in [0.15, 0.2) is 11.5 Å². The highest BCUT2D eigenvalue weighted by Crippen LogP contribution is 2.33. The van der Waals surface area contributed by atoms with Gasteiger partial charge in [-0.2, -0.15) is 0 Å². The lowest BCUT2D eigenvalue weighted by Gasteiger charge is -2.14. The number of aromatic nitrogens is 1. The number of benzene rings is 2. The van der Waals surface area contributed by atoms with Gasteiger partial charge in [-0.3, -0.25) is 4.72 Å². The Labute approximate surface area is 164 Å². The molecular weight excluding hydrogens is 380 g/mol. The Kier molecular flexibility index (Phi) is 5.33. The van der Waals surface area contributed by atoms with Crippen LogP contribution in [0.3, 0.4) is 0 Å². The van der Waals surface area contributed by atoms with E-state index in [0.717, 1.165) is 11.1 Å². The first-order chi connectivity index (χ1) is 13.3. The average Bonchev–Trinajstić information content (AvgIpc) is 3.00. The standard InChI is InChI=1S/C20H22N2O5S/c1-12-6-7-15(20-13(2)21-27-14(20)3)10-19(12)28(23,24)22-16-8-9-17(25-4)18(11-16)26-5/h6-11,22H,1-5H3. The minimum atomic E-state index is -3.83. The van der Waals surface area contributed by atoms with E-state index in [1.54, 1.807) is 44.2 Å². The predicted molar refractivity (Wildman–Crippen MR) is 107 cm³/mol. The van der Waals surface area contributed by atoms with E-state index in [0.29, 0.717) is 34.2 Å². The van der Waals surface area contributed by atoms with Crippen molar-refractivity contribution < 1.29 is 22.4 Å². The van der Waals surface area contributed by atoms with E-state index in [2.05, 4.69) is 9.88 Å². The maximum atomic E-state index is 13.0. The lowest BCUT2D eigenvalue weighted by molar-refractivity contribution is 0.355. The smallest absolute Gasteiger partial charge is 0.262 e. The van der Waals surface area contributed by atoms with Crippen LogP contribution in [0, 0.1) is 20.8 Å². The van der Waals surface area contributed by atoms with Gasteiger partial charge in [0, 0.05) is 11.6 Å². The van der Waals surface area contributed by atoms with Crippen LogP contribution >= 0.6 is 0 Å². The summed E-state index contributed by atoms with van der Waals surface area (Å²) in [6.45, 7) is 5.37. The minimum absolute atomic E-state index is 0.180. The number of nitrogens with zero attached hydrogens (tertiary/aromatic N) is 1. The van der Waals surface area contributed by atoms with Gasteiger partial charge in [-0.1, -0.05) is 17.3 Å². The summed E-state index contributed by atoms with van der Waals surface area (Å²) in [5.74, 6) is 1.59. The summed E-state index contributed by atoms with van der Waals surface area (Å²) in [6.07, 6.45) is 0. The second-order valence-electron chi connectivity index (χ2n) is 6.35. The van der Waals surface area contributed by atoms with Crippen molar-refractivity contribution in [1.82, 2.24) is 5.16 Å². The summed E-state index contributed by atoms with van der Waals surface area (Å²) in [5, 5.41) is 3.94. The molecule has 0 fully saturated rings. The molecular formula is C20H22N2O5S. The first-order valence-electron chi connectivity index (χ1n) is 8.55. The van der Waals surface area contributed by atoms with Crippen LogP contribution in [0.2, 0.25) is 0 Å². The molecule has 148 valence electrons. The van der Waals surface area contributed by atoms with Gasteiger partial charge in [-0.25, -0.2) is 8.42 Å². The van der Waals surface area contributed by atoms with Crippen LogP contribution in [0.4, 0.5) is 5.69 Å². The third-order valence-electron chi connectivity index (χ3n) is 4.44. The Morgan fingerprint density at radius 3 is 2.29 bits per heavy atom. The quantitative estimate of drug-likeness (QED) is 0.668. The fourth-order valence-corrected chi connectivity index (χ4v) is 4.37. The fraction of sp³-hybridized carbons (Fsp3) is 0.250. The molecule has 0 bridgehead atoms. The molecule has 2 aromatic carbocycles. The monoisotopic (exact) mass is 402 g/mol. The number of methoxy groups -OCH3 is 2. The van der Waals surface area contributed by atoms with Crippen LogP contribution in [-0.2, 0) is 10.0 Å². The molecule has 0 spiro atoms. The SMILES string of the molecule is COc1ccc(NS(=O)(=O)c2cc(-c3c(C)noc3C)ccc2C)cc1OC. The molecule has 0 unspecified atom stereocenters. The van der Waals surface area contributed by atoms with Crippen LogP contribution in [0.15, 0.2) is 45.8 Å². The molecule has 0 radical (unpaired) electrons. The molecule has 7 nitrogen and oxygen atoms in total. The molecule has 0 amide bonds. The van der Waals surface area contributed by atoms with Gasteiger partial charge in [-0.05, 0) is 50.1 Å². The van der Waals surface area contributed by atoms with Crippen molar-refractivity contribution in [3.63, 3.8) is 0 Å². The highest BCUT2D eigenvalue weighted by molar-refractivity contribution is 7.92. The molecule has 1 N–H and O–H groups in total. The zero-order valence-electron chi connectivity index (χ0n) is 16.4. The molecule has 8 heteroatoms. The highest BCUT2D eigenvalue weighted by Gasteiger charge is 2.21. The molecule has 0 atom stereocenters. The summed E-state index contributed by atoms with van der Waals surface area (Å²) in [7, 11) is -0.813. The number of hydrogen-bond donors (Lipinski definition) is 1. The van der Waals surface area contributed by atoms with Crippen LogP contribution in [0.5, 0.6) is 11.5 Å². The number of nitrogens with one attached hydrogen (secondary N) is 1. The molecule has 0 aliphatic heterocycles. The van der Waals surface area contributed by atoms with Crippen molar-refractivity contribution >= 4 is 15.7 Å². The van der Waals surface area contributed by atoms with Gasteiger partial charge in [0.25, 0.3) is 10.0 Å². The number of aryl methyl sites for hydroxylation is 3. The number of sulfonamides is 1. The van der Waals surface area contributed by atoms with Gasteiger partial charge in [0.1, 0.15) is 5.76 Å². The Hall–Kier alpha value is -3.00. The van der Waals surface area contributed by atoms with E-state index in [1.807, 2.05) is 13.0 Å². The van der Waals surface area contributed by atoms with E-state index in [1.165, 1.54) is 14.2 Å². The second-order valence-corrected chi connectivity index (χ2v) is 8.01. The van der Waals surface area contributed by atoms with E-state index in [9.17, 15) is 8.42 Å². The molecule has 0 aliphatic rings. The normalized spacial score (nSPS) is 11.3. The number of rotatable bonds is 6. The largest absolute Gasteiger partial charge is 0.493 e. The number of hydrogen-bond acceptors (Lipinski definition) is 6. The maximum Gasteiger partial charge on any atom is 0.262 e. The van der Waals surface area contributed by atoms with Gasteiger partial charge in [0.05, 0.1) is 30.5 Å². The fourth-order valence-electron chi connectivity index (χ4n) is 3.05. The van der Waals surface area contributed by atoms with Crippen molar-refractivity contribution in [3.05, 3.63) is 53.4 Å². The third kappa shape index (κ3) is 3.68. The third-order valence-corrected chi connectivity index (χ3v) is 5.96. The highest BCUT2D eigenvalue weighted by atomic mass is 32.2. The second kappa shape index (κ2) is 7.55. The van der Waals surface area contributed by atoms with Crippen molar-refractivity contribution in [2.75, 3.05) is 18.9 Å². The van der Waals surface area contributed by atoms with Crippen LogP contribution in [0.1, 0.15) is 17.0 Å². The van der Waals surface area contributed by atoms with Gasteiger partial charge >= 0.3 is 0 Å². The zero-order chi connectivity index (χ0) is 20.5. The van der Waals surface area contributed by atoms with E-state index in [4.69, 9.17) is 14.0 Å². The summed E-state index contributed by atoms with van der Waals surface area (Å²) in [4.78, 5) is 0.180. The maximum absolute atomic E-state index is 13.0. The summed E-state index contributed by atoms with van der Waals surface area (Å²) in [5.41, 5.74) is 3.23. The summed E-state index contributed by atoms with van der Waals surface area (Å²) in [6, 6.07) is 10.1. The molecule has 0 saturated heterocycles. The first-order valence-corrected chi connectivity index (χ1v) is 10.0. The lowest BCUT2D eigenvalue weighted by atomic mass is 10.0. The van der Waals surface area contributed by atoms with E-state index in [-0.39, 0.29) is 4.90 Å². The van der Waals surface area contributed by atoms with Crippen LogP contribution in [0.25, 0.3) is 11.1 Å². The average molecular weight is 402 g/mol. The van der Waals surface area contributed by atoms with Crippen LogP contribution < -0.4 is 14.2 Å². The minimum Gasteiger partial charge on any atom is -0.493 e. The van der Waals surface area contributed by atoms with Crippen molar-refractivity contribution in [3.8, 4) is 22.6 Å². The number of anilines is 1. The Morgan fingerprint density at radius 2 is 1.68 bits per heavy atom. The predicted octanol–water partition coefficient (Wildman–Crippen LogP) is 4.08. The van der Waals surface area contributed by atoms with Crippen molar-refractivity contribution in [1.29, 1.82) is 0 Å². The van der Waals surface area contributed by atoms with Crippen molar-refractivity contribution in [2.24, 2.45) is 0 Å². The molecule has 1 heterocycles.